The average Bonchev–Trinajstić information content (AvgIpc) is 1.53. The fourth-order valence-electron chi connectivity index (χ4n) is 15.0. The van der Waals surface area contributed by atoms with Gasteiger partial charge >= 0.3 is 0 Å². The molecule has 12 aromatic rings. The normalized spacial score (nSPS) is 16.2. The minimum absolute atomic E-state index is 0.517. The Hall–Kier alpha value is -10.9. The predicted molar refractivity (Wildman–Crippen MR) is 381 cm³/mol. The lowest BCUT2D eigenvalue weighted by molar-refractivity contribution is 0.756. The molecule has 0 heterocycles. The van der Waals surface area contributed by atoms with Crippen LogP contribution in [0, 0.1) is 13.8 Å². The van der Waals surface area contributed by atoms with E-state index in [1.807, 2.05) is 12.2 Å². The fraction of sp³-hybridized carbons (Fsp3) is 0.0787. The highest BCUT2D eigenvalue weighted by atomic mass is 15.1. The van der Waals surface area contributed by atoms with Crippen LogP contribution in [0.15, 0.2) is 322 Å². The molecule has 2 atom stereocenters. The van der Waals surface area contributed by atoms with E-state index in [4.69, 9.17) is 0 Å². The summed E-state index contributed by atoms with van der Waals surface area (Å²) >= 11 is 0. The van der Waals surface area contributed by atoms with Crippen molar-refractivity contribution < 1.29 is 0 Å². The fourth-order valence-corrected chi connectivity index (χ4v) is 15.0. The topological polar surface area (TPSA) is 3.24 Å². The van der Waals surface area contributed by atoms with E-state index in [0.29, 0.717) is 0 Å². The van der Waals surface area contributed by atoms with E-state index in [0.717, 1.165) is 53.0 Å². The summed E-state index contributed by atoms with van der Waals surface area (Å²) < 4.78 is 0. The van der Waals surface area contributed by atoms with Crippen LogP contribution in [-0.4, -0.2) is 0 Å². The third-order valence-electron chi connectivity index (χ3n) is 19.3. The van der Waals surface area contributed by atoms with E-state index in [1.54, 1.807) is 0 Å². The minimum Gasteiger partial charge on any atom is -0.310 e. The number of benzene rings is 12. The highest BCUT2D eigenvalue weighted by Crippen LogP contribution is 2.60. The summed E-state index contributed by atoms with van der Waals surface area (Å²) in [5.74, 6) is 0. The van der Waals surface area contributed by atoms with Crippen molar-refractivity contribution in [3.8, 4) is 33.4 Å². The molecule has 0 N–H and O–H groups in total. The van der Waals surface area contributed by atoms with E-state index in [2.05, 4.69) is 341 Å². The number of nitrogens with zero attached hydrogens (tertiary/aromatic N) is 1. The molecular weight excluding hydrogens is 1080 g/mol. The van der Waals surface area contributed by atoms with Crippen LogP contribution in [0.2, 0.25) is 0 Å². The standard InChI is InChI=1S/C89H69N/c1-5-63-34-45-74(46-35-63)88(73-24-14-9-15-25-73)83-28-18-16-26-79(83)82-55-53-78(60-87(82)88)90(76-49-41-70(42-50-76)67-20-10-7-11-21-67)77-51-43-71(44-52-77)69-39-32-65(33-40-69)57-72(68-22-12-8-13-23-68)58-66-38-54-81-80-27-17-19-29-84(80)89(86(81)59-66,75-47-36-64(6-2)37-48-75)85-56-61(3)30-31-62(85)4/h5-15,17-25,27-56,58-60H,1-2,16,26,57H2,3-4H3/b72-58-. The van der Waals surface area contributed by atoms with Crippen LogP contribution >= 0.6 is 0 Å². The van der Waals surface area contributed by atoms with Gasteiger partial charge in [0.1, 0.15) is 0 Å². The Balaban J connectivity index is 0.788. The molecule has 430 valence electrons. The molecule has 1 nitrogen and oxygen atoms in total. The second-order valence-corrected chi connectivity index (χ2v) is 24.5. The molecule has 0 radical (unpaired) electrons. The van der Waals surface area contributed by atoms with Crippen LogP contribution in [-0.2, 0) is 17.3 Å². The maximum atomic E-state index is 4.11. The second-order valence-electron chi connectivity index (χ2n) is 24.5. The lowest BCUT2D eigenvalue weighted by Crippen LogP contribution is -2.30. The number of hydrogen-bond acceptors (Lipinski definition) is 1. The van der Waals surface area contributed by atoms with Crippen LogP contribution in [0.1, 0.15) is 96.3 Å². The Morgan fingerprint density at radius 3 is 1.57 bits per heavy atom. The van der Waals surface area contributed by atoms with Gasteiger partial charge < -0.3 is 4.90 Å². The van der Waals surface area contributed by atoms with Gasteiger partial charge in [-0.2, -0.15) is 0 Å². The third kappa shape index (κ3) is 9.57. The van der Waals surface area contributed by atoms with Gasteiger partial charge in [-0.1, -0.05) is 298 Å². The smallest absolute Gasteiger partial charge is 0.0716 e. The third-order valence-corrected chi connectivity index (χ3v) is 19.3. The number of hydrogen-bond donors (Lipinski definition) is 0. The van der Waals surface area contributed by atoms with Gasteiger partial charge in [-0.25, -0.2) is 0 Å². The van der Waals surface area contributed by atoms with E-state index in [-0.39, 0.29) is 0 Å². The molecule has 0 bridgehead atoms. The quantitative estimate of drug-likeness (QED) is 0.0925. The van der Waals surface area contributed by atoms with Gasteiger partial charge in [0.25, 0.3) is 0 Å². The molecule has 12 aromatic carbocycles. The monoisotopic (exact) mass is 1150 g/mol. The molecule has 0 aromatic heterocycles. The summed E-state index contributed by atoms with van der Waals surface area (Å²) in [4.78, 5) is 2.44. The Labute approximate surface area is 531 Å². The van der Waals surface area contributed by atoms with Gasteiger partial charge in [0.15, 0.2) is 0 Å². The molecule has 0 saturated carbocycles. The van der Waals surface area contributed by atoms with Crippen molar-refractivity contribution in [2.75, 3.05) is 4.90 Å². The van der Waals surface area contributed by atoms with Crippen molar-refractivity contribution in [2.24, 2.45) is 0 Å². The Morgan fingerprint density at radius 1 is 0.411 bits per heavy atom. The van der Waals surface area contributed by atoms with Gasteiger partial charge in [0.2, 0.25) is 0 Å². The zero-order chi connectivity index (χ0) is 60.8. The molecule has 90 heavy (non-hydrogen) atoms. The summed E-state index contributed by atoms with van der Waals surface area (Å²) in [5.41, 5.74) is 32.3. The number of allylic oxidation sites excluding steroid dienone is 5. The largest absolute Gasteiger partial charge is 0.310 e. The number of fused-ring (bicyclic) bond motifs is 5. The van der Waals surface area contributed by atoms with Crippen LogP contribution in [0.3, 0.4) is 0 Å². The number of rotatable bonds is 15. The van der Waals surface area contributed by atoms with Crippen LogP contribution < -0.4 is 4.90 Å². The Kier molecular flexibility index (Phi) is 14.4. The van der Waals surface area contributed by atoms with E-state index >= 15 is 0 Å². The maximum Gasteiger partial charge on any atom is 0.0716 e. The Morgan fingerprint density at radius 2 is 0.922 bits per heavy atom. The van der Waals surface area contributed by atoms with Crippen LogP contribution in [0.5, 0.6) is 0 Å². The summed E-state index contributed by atoms with van der Waals surface area (Å²) in [6.45, 7) is 12.7. The van der Waals surface area contributed by atoms with E-state index < -0.39 is 10.8 Å². The molecule has 0 fully saturated rings. The molecule has 0 saturated heterocycles. The second kappa shape index (κ2) is 23.3. The highest BCUT2D eigenvalue weighted by molar-refractivity contribution is 5.93. The van der Waals surface area contributed by atoms with Crippen molar-refractivity contribution in [1.29, 1.82) is 0 Å². The molecule has 3 aliphatic rings. The summed E-state index contributed by atoms with van der Waals surface area (Å²) in [7, 11) is 0. The van der Waals surface area contributed by atoms with Crippen LogP contribution in [0.4, 0.5) is 17.1 Å². The van der Waals surface area contributed by atoms with Crippen molar-refractivity contribution in [3.63, 3.8) is 0 Å². The first-order valence-electron chi connectivity index (χ1n) is 31.6. The highest BCUT2D eigenvalue weighted by Gasteiger charge is 2.49. The molecule has 1 heteroatoms. The summed E-state index contributed by atoms with van der Waals surface area (Å²) in [6, 6.07) is 109. The molecule has 2 unspecified atom stereocenters. The van der Waals surface area contributed by atoms with Crippen molar-refractivity contribution >= 4 is 46.4 Å². The Bertz CT molecular complexity index is 4780. The van der Waals surface area contributed by atoms with Crippen molar-refractivity contribution in [2.45, 2.75) is 43.9 Å². The summed E-state index contributed by atoms with van der Waals surface area (Å²) in [6.07, 6.45) is 13.9. The van der Waals surface area contributed by atoms with Gasteiger partial charge in [-0.3, -0.25) is 0 Å². The SMILES string of the molecule is C=Cc1ccc(C2(c3ccccc3)C3=C(CCC=C3)c3ccc(N(c4ccc(-c5ccccc5)cc4)c4ccc(-c5ccc(C/C(=C/c6ccc7c(c6)C(c6ccc(C=C)cc6)(c6cc(C)ccc6C)c6ccccc6-7)c6ccccc6)cc5)cc4)cc32)cc1. The van der Waals surface area contributed by atoms with Crippen molar-refractivity contribution in [3.05, 3.63) is 406 Å². The average molecular weight is 1150 g/mol. The van der Waals surface area contributed by atoms with Gasteiger partial charge in [0.05, 0.1) is 10.8 Å². The molecule has 3 aliphatic carbocycles. The summed E-state index contributed by atoms with van der Waals surface area (Å²) in [5, 5.41) is 0. The van der Waals surface area contributed by atoms with Crippen molar-refractivity contribution in [1.82, 2.24) is 0 Å². The maximum absolute atomic E-state index is 4.11. The van der Waals surface area contributed by atoms with Gasteiger partial charge in [-0.15, -0.1) is 0 Å². The molecule has 0 amide bonds. The first kappa shape index (κ1) is 55.7. The zero-order valence-corrected chi connectivity index (χ0v) is 51.1. The zero-order valence-electron chi connectivity index (χ0n) is 51.1. The molecular formula is C89H69N. The van der Waals surface area contributed by atoms with Gasteiger partial charge in [-0.05, 0) is 204 Å². The van der Waals surface area contributed by atoms with Gasteiger partial charge in [0, 0.05) is 17.1 Å². The number of anilines is 3. The lowest BCUT2D eigenvalue weighted by atomic mass is 9.66. The molecule has 0 spiro atoms. The van der Waals surface area contributed by atoms with E-state index in [1.165, 1.54) is 117 Å². The first-order chi connectivity index (χ1) is 44.3. The number of aryl methyl sites for hydroxylation is 2. The lowest BCUT2D eigenvalue weighted by Gasteiger charge is -2.36. The molecule has 15 rings (SSSR count). The predicted octanol–water partition coefficient (Wildman–Crippen LogP) is 23.0. The van der Waals surface area contributed by atoms with E-state index in [9.17, 15) is 0 Å². The van der Waals surface area contributed by atoms with Crippen LogP contribution in [0.25, 0.3) is 62.8 Å². The minimum atomic E-state index is -0.523. The first-order valence-corrected chi connectivity index (χ1v) is 31.6. The molecule has 0 aliphatic heterocycles.